The maximum Gasteiger partial charge on any atom is 0.387 e. The Morgan fingerprint density at radius 2 is 2.09 bits per heavy atom. The molecule has 0 aliphatic carbocycles. The molecule has 0 bridgehead atoms. The second kappa shape index (κ2) is 5.88. The van der Waals surface area contributed by atoms with Gasteiger partial charge in [0.05, 0.1) is 6.04 Å². The van der Waals surface area contributed by atoms with E-state index in [2.05, 4.69) is 30.7 Å². The summed E-state index contributed by atoms with van der Waals surface area (Å²) < 4.78 is 30.2. The predicted octanol–water partition coefficient (Wildman–Crippen LogP) is 2.29. The summed E-state index contributed by atoms with van der Waals surface area (Å²) in [4.78, 5) is 0. The van der Waals surface area contributed by atoms with Gasteiger partial charge >= 0.3 is 6.61 Å². The van der Waals surface area contributed by atoms with Gasteiger partial charge in [-0.2, -0.15) is 8.78 Å². The van der Waals surface area contributed by atoms with E-state index in [0.717, 1.165) is 5.56 Å². The Balaban J connectivity index is 1.77. The predicted molar refractivity (Wildman–Crippen MR) is 73.7 cm³/mol. The molecule has 0 fully saturated rings. The SMILES string of the molecule is C[C@H](Nc1ccc2nnnn2n1)c1cccc(OC(F)F)c1. The zero-order valence-electron chi connectivity index (χ0n) is 11.5. The van der Waals surface area contributed by atoms with Gasteiger partial charge in [-0.1, -0.05) is 12.1 Å². The molecule has 2 aromatic heterocycles. The van der Waals surface area contributed by atoms with Gasteiger partial charge in [-0.05, 0) is 47.2 Å². The van der Waals surface area contributed by atoms with Crippen LogP contribution in [0.2, 0.25) is 0 Å². The van der Waals surface area contributed by atoms with Crippen LogP contribution in [-0.4, -0.2) is 31.9 Å². The van der Waals surface area contributed by atoms with E-state index in [-0.39, 0.29) is 11.8 Å². The van der Waals surface area contributed by atoms with E-state index < -0.39 is 6.61 Å². The van der Waals surface area contributed by atoms with Crippen LogP contribution in [-0.2, 0) is 0 Å². The second-order valence-electron chi connectivity index (χ2n) is 4.56. The van der Waals surface area contributed by atoms with Crippen molar-refractivity contribution in [1.29, 1.82) is 0 Å². The number of aromatic nitrogens is 5. The van der Waals surface area contributed by atoms with Crippen molar-refractivity contribution >= 4 is 11.5 Å². The fraction of sp³-hybridized carbons (Fsp3) is 0.231. The molecular formula is C13H12F2N6O. The molecule has 3 aromatic rings. The van der Waals surface area contributed by atoms with Gasteiger partial charge < -0.3 is 10.1 Å². The first-order valence-electron chi connectivity index (χ1n) is 6.48. The maximum atomic E-state index is 12.2. The third kappa shape index (κ3) is 3.08. The number of anilines is 1. The lowest BCUT2D eigenvalue weighted by atomic mass is 10.1. The molecule has 0 aliphatic rings. The number of hydrogen-bond donors (Lipinski definition) is 1. The first kappa shape index (κ1) is 14.1. The van der Waals surface area contributed by atoms with Gasteiger partial charge in [0.15, 0.2) is 5.65 Å². The summed E-state index contributed by atoms with van der Waals surface area (Å²) in [6.45, 7) is -0.963. The molecule has 1 atom stereocenters. The quantitative estimate of drug-likeness (QED) is 0.779. The zero-order chi connectivity index (χ0) is 15.5. The number of rotatable bonds is 5. The molecule has 1 N–H and O–H groups in total. The number of tetrazole rings is 1. The van der Waals surface area contributed by atoms with Gasteiger partial charge in [0, 0.05) is 0 Å². The van der Waals surface area contributed by atoms with Crippen LogP contribution >= 0.6 is 0 Å². The Morgan fingerprint density at radius 1 is 1.23 bits per heavy atom. The van der Waals surface area contributed by atoms with E-state index in [1.807, 2.05) is 13.0 Å². The Morgan fingerprint density at radius 3 is 2.91 bits per heavy atom. The van der Waals surface area contributed by atoms with Gasteiger partial charge in [-0.25, -0.2) is 0 Å². The molecule has 0 unspecified atom stereocenters. The lowest BCUT2D eigenvalue weighted by molar-refractivity contribution is -0.0498. The standard InChI is InChI=1S/C13H12F2N6O/c1-8(9-3-2-4-10(7-9)22-13(14)15)16-11-5-6-12-17-19-20-21(12)18-11/h2-8,13H,1H3,(H,16,18)/t8-/m0/s1. The van der Waals surface area contributed by atoms with Crippen LogP contribution in [0, 0.1) is 0 Å². The molecule has 3 rings (SSSR count). The summed E-state index contributed by atoms with van der Waals surface area (Å²) in [5.74, 6) is 0.678. The normalized spacial score (nSPS) is 12.5. The largest absolute Gasteiger partial charge is 0.435 e. The minimum atomic E-state index is -2.84. The number of alkyl halides is 2. The van der Waals surface area contributed by atoms with E-state index in [9.17, 15) is 8.78 Å². The van der Waals surface area contributed by atoms with E-state index in [4.69, 9.17) is 0 Å². The maximum absolute atomic E-state index is 12.2. The summed E-state index contributed by atoms with van der Waals surface area (Å²) in [6, 6.07) is 9.80. The Bertz CT molecular complexity index is 778. The Labute approximate surface area is 123 Å². The highest BCUT2D eigenvalue weighted by atomic mass is 19.3. The van der Waals surface area contributed by atoms with Gasteiger partial charge in [0.25, 0.3) is 0 Å². The fourth-order valence-electron chi connectivity index (χ4n) is 1.99. The highest BCUT2D eigenvalue weighted by molar-refractivity contribution is 5.44. The van der Waals surface area contributed by atoms with Crippen molar-refractivity contribution in [2.24, 2.45) is 0 Å². The van der Waals surface area contributed by atoms with E-state index in [1.165, 1.54) is 10.7 Å². The minimum Gasteiger partial charge on any atom is -0.435 e. The highest BCUT2D eigenvalue weighted by Gasteiger charge is 2.10. The average Bonchev–Trinajstić information content (AvgIpc) is 2.94. The number of halogens is 2. The summed E-state index contributed by atoms with van der Waals surface area (Å²) in [6.07, 6.45) is 0. The van der Waals surface area contributed by atoms with Crippen LogP contribution in [0.25, 0.3) is 5.65 Å². The summed E-state index contributed by atoms with van der Waals surface area (Å²) in [5.41, 5.74) is 1.32. The molecule has 0 amide bonds. The first-order chi connectivity index (χ1) is 10.6. The van der Waals surface area contributed by atoms with Crippen LogP contribution in [0.3, 0.4) is 0 Å². The van der Waals surface area contributed by atoms with E-state index >= 15 is 0 Å². The van der Waals surface area contributed by atoms with Gasteiger partial charge in [-0.3, -0.25) is 0 Å². The molecular weight excluding hydrogens is 294 g/mol. The first-order valence-corrected chi connectivity index (χ1v) is 6.48. The number of nitrogens with one attached hydrogen (secondary N) is 1. The highest BCUT2D eigenvalue weighted by Crippen LogP contribution is 2.23. The summed E-state index contributed by atoms with van der Waals surface area (Å²) >= 11 is 0. The molecule has 0 spiro atoms. The number of fused-ring (bicyclic) bond motifs is 1. The third-order valence-corrected chi connectivity index (χ3v) is 3.02. The molecule has 22 heavy (non-hydrogen) atoms. The summed E-state index contributed by atoms with van der Waals surface area (Å²) in [7, 11) is 0. The number of hydrogen-bond acceptors (Lipinski definition) is 6. The van der Waals surface area contributed by atoms with Crippen LogP contribution in [0.1, 0.15) is 18.5 Å². The topological polar surface area (TPSA) is 77.2 Å². The van der Waals surface area contributed by atoms with Crippen LogP contribution in [0.4, 0.5) is 14.6 Å². The monoisotopic (exact) mass is 306 g/mol. The van der Waals surface area contributed by atoms with Crippen LogP contribution in [0.5, 0.6) is 5.75 Å². The number of ether oxygens (including phenoxy) is 1. The number of nitrogens with zero attached hydrogens (tertiary/aromatic N) is 5. The van der Waals surface area contributed by atoms with Crippen molar-refractivity contribution in [3.8, 4) is 5.75 Å². The van der Waals surface area contributed by atoms with Crippen LogP contribution < -0.4 is 10.1 Å². The lowest BCUT2D eigenvalue weighted by Crippen LogP contribution is -2.10. The van der Waals surface area contributed by atoms with Crippen molar-refractivity contribution in [3.05, 3.63) is 42.0 Å². The molecule has 0 radical (unpaired) electrons. The van der Waals surface area contributed by atoms with Gasteiger partial charge in [0.2, 0.25) is 0 Å². The molecule has 114 valence electrons. The molecule has 0 saturated carbocycles. The van der Waals surface area contributed by atoms with Gasteiger partial charge in [0.1, 0.15) is 11.6 Å². The molecule has 1 aromatic carbocycles. The van der Waals surface area contributed by atoms with Gasteiger partial charge in [-0.15, -0.1) is 14.8 Å². The van der Waals surface area contributed by atoms with Crippen molar-refractivity contribution < 1.29 is 13.5 Å². The Kier molecular flexibility index (Phi) is 3.77. The molecule has 0 saturated heterocycles. The lowest BCUT2D eigenvalue weighted by Gasteiger charge is -2.15. The zero-order valence-corrected chi connectivity index (χ0v) is 11.5. The molecule has 0 aliphatic heterocycles. The fourth-order valence-corrected chi connectivity index (χ4v) is 1.99. The average molecular weight is 306 g/mol. The third-order valence-electron chi connectivity index (χ3n) is 3.02. The van der Waals surface area contributed by atoms with Crippen molar-refractivity contribution in [2.75, 3.05) is 5.32 Å². The van der Waals surface area contributed by atoms with E-state index in [1.54, 1.807) is 24.3 Å². The van der Waals surface area contributed by atoms with Crippen molar-refractivity contribution in [3.63, 3.8) is 0 Å². The van der Waals surface area contributed by atoms with Crippen molar-refractivity contribution in [1.82, 2.24) is 25.3 Å². The molecule has 7 nitrogen and oxygen atoms in total. The molecule has 9 heteroatoms. The summed E-state index contributed by atoms with van der Waals surface area (Å²) in [5, 5.41) is 18.3. The minimum absolute atomic E-state index is 0.116. The second-order valence-corrected chi connectivity index (χ2v) is 4.56. The van der Waals surface area contributed by atoms with Crippen LogP contribution in [0.15, 0.2) is 36.4 Å². The van der Waals surface area contributed by atoms with E-state index in [0.29, 0.717) is 11.5 Å². The van der Waals surface area contributed by atoms with Crippen molar-refractivity contribution in [2.45, 2.75) is 19.6 Å². The number of benzene rings is 1. The Hall–Kier alpha value is -2.84. The smallest absolute Gasteiger partial charge is 0.387 e. The molecule has 2 heterocycles.